The molecule has 1 atom stereocenters. The molecule has 1 aromatic heterocycles. The number of aromatic nitrogens is 1. The molecule has 0 aliphatic carbocycles. The van der Waals surface area contributed by atoms with E-state index >= 15 is 0 Å². The van der Waals surface area contributed by atoms with Crippen LogP contribution in [0.5, 0.6) is 11.5 Å². The molecule has 0 spiro atoms. The number of nitrogens with zero attached hydrogens (tertiary/aromatic N) is 3. The third kappa shape index (κ3) is 5.04. The van der Waals surface area contributed by atoms with Crippen LogP contribution >= 0.6 is 11.3 Å². The lowest BCUT2D eigenvalue weighted by molar-refractivity contribution is -0.129. The minimum absolute atomic E-state index is 0.0481. The van der Waals surface area contributed by atoms with Gasteiger partial charge in [-0.3, -0.25) is 9.59 Å². The van der Waals surface area contributed by atoms with E-state index in [1.165, 1.54) is 16.2 Å². The summed E-state index contributed by atoms with van der Waals surface area (Å²) in [5, 5.41) is 11.6. The predicted octanol–water partition coefficient (Wildman–Crippen LogP) is 3.70. The van der Waals surface area contributed by atoms with Gasteiger partial charge in [0.2, 0.25) is 5.78 Å². The number of rotatable bonds is 9. The van der Waals surface area contributed by atoms with Crippen LogP contribution in [-0.4, -0.2) is 72.0 Å². The van der Waals surface area contributed by atoms with Crippen molar-refractivity contribution in [3.05, 3.63) is 50.7 Å². The SMILES string of the molecule is COc1cc(C2C(C(=O)c3sc(C)nc3C)=C(O)C(=O)N2CCN(C)C)ccc1OC(C)C. The van der Waals surface area contributed by atoms with Crippen molar-refractivity contribution in [2.75, 3.05) is 34.3 Å². The van der Waals surface area contributed by atoms with Crippen LogP contribution in [0.25, 0.3) is 0 Å². The van der Waals surface area contributed by atoms with Crippen LogP contribution in [0.3, 0.4) is 0 Å². The van der Waals surface area contributed by atoms with Gasteiger partial charge in [-0.25, -0.2) is 4.98 Å². The van der Waals surface area contributed by atoms with Crippen LogP contribution in [0.15, 0.2) is 29.5 Å². The highest BCUT2D eigenvalue weighted by atomic mass is 32.1. The lowest BCUT2D eigenvalue weighted by Gasteiger charge is -2.28. The second-order valence-electron chi connectivity index (χ2n) is 8.52. The first kappa shape index (κ1) is 24.7. The van der Waals surface area contributed by atoms with Crippen LogP contribution in [0.1, 0.15) is 45.8 Å². The highest BCUT2D eigenvalue weighted by Gasteiger charge is 2.44. The van der Waals surface area contributed by atoms with E-state index in [4.69, 9.17) is 9.47 Å². The largest absolute Gasteiger partial charge is 0.503 e. The Labute approximate surface area is 198 Å². The normalized spacial score (nSPS) is 16.3. The molecule has 1 aromatic carbocycles. The van der Waals surface area contributed by atoms with Gasteiger partial charge in [-0.1, -0.05) is 6.07 Å². The zero-order valence-electron chi connectivity index (χ0n) is 20.1. The number of hydrogen-bond donors (Lipinski definition) is 1. The van der Waals surface area contributed by atoms with Gasteiger partial charge in [0, 0.05) is 13.1 Å². The molecule has 0 saturated carbocycles. The molecule has 1 aliphatic rings. The molecule has 0 fully saturated rings. The number of benzene rings is 1. The maximum absolute atomic E-state index is 13.6. The summed E-state index contributed by atoms with van der Waals surface area (Å²) in [4.78, 5) is 34.9. The number of ether oxygens (including phenoxy) is 2. The van der Waals surface area contributed by atoms with Gasteiger partial charge in [0.15, 0.2) is 17.3 Å². The average molecular weight is 474 g/mol. The minimum atomic E-state index is -0.756. The van der Waals surface area contributed by atoms with Gasteiger partial charge < -0.3 is 24.4 Å². The van der Waals surface area contributed by atoms with E-state index in [0.717, 1.165) is 5.01 Å². The van der Waals surface area contributed by atoms with Crippen LogP contribution in [0.4, 0.5) is 0 Å². The van der Waals surface area contributed by atoms with Gasteiger partial charge in [-0.15, -0.1) is 11.3 Å². The number of hydrogen-bond acceptors (Lipinski definition) is 8. The van der Waals surface area contributed by atoms with Crippen LogP contribution < -0.4 is 9.47 Å². The third-order valence-corrected chi connectivity index (χ3v) is 6.38. The predicted molar refractivity (Wildman–Crippen MR) is 127 cm³/mol. The summed E-state index contributed by atoms with van der Waals surface area (Å²) in [6.45, 7) is 8.32. The quantitative estimate of drug-likeness (QED) is 0.555. The first-order chi connectivity index (χ1) is 15.5. The average Bonchev–Trinajstić information content (AvgIpc) is 3.21. The summed E-state index contributed by atoms with van der Waals surface area (Å²) in [5.41, 5.74) is 1.30. The second kappa shape index (κ2) is 9.93. The first-order valence-electron chi connectivity index (χ1n) is 10.8. The fourth-order valence-corrected chi connectivity index (χ4v) is 4.71. The third-order valence-electron chi connectivity index (χ3n) is 5.31. The number of carbonyl (C=O) groups is 2. The first-order valence-corrected chi connectivity index (χ1v) is 11.6. The summed E-state index contributed by atoms with van der Waals surface area (Å²) in [6.07, 6.45) is -0.0481. The van der Waals surface area contributed by atoms with Gasteiger partial charge in [0.05, 0.1) is 40.4 Å². The Bertz CT molecular complexity index is 1090. The molecule has 1 N–H and O–H groups in total. The molecule has 2 aromatic rings. The molecule has 3 rings (SSSR count). The highest BCUT2D eigenvalue weighted by molar-refractivity contribution is 7.14. The smallest absolute Gasteiger partial charge is 0.290 e. The number of likely N-dealkylation sites (N-methyl/N-ethyl adjacent to an activating group) is 1. The molecule has 33 heavy (non-hydrogen) atoms. The van der Waals surface area contributed by atoms with E-state index in [-0.39, 0.29) is 17.5 Å². The molecule has 1 amide bonds. The molecule has 178 valence electrons. The van der Waals surface area contributed by atoms with E-state index < -0.39 is 17.7 Å². The Morgan fingerprint density at radius 2 is 1.97 bits per heavy atom. The van der Waals surface area contributed by atoms with E-state index in [2.05, 4.69) is 4.98 Å². The molecule has 0 saturated heterocycles. The standard InChI is InChI=1S/C24H31N3O5S/c1-13(2)32-17-9-8-16(12-18(17)31-7)20-19(21(28)23-14(3)25-15(4)33-23)22(29)24(30)27(20)11-10-26(5)6/h8-9,12-13,20,29H,10-11H2,1-7H3. The Morgan fingerprint density at radius 3 is 2.52 bits per heavy atom. The lowest BCUT2D eigenvalue weighted by atomic mass is 9.94. The summed E-state index contributed by atoms with van der Waals surface area (Å²) < 4.78 is 11.3. The van der Waals surface area contributed by atoms with Crippen molar-refractivity contribution in [1.29, 1.82) is 0 Å². The molecule has 2 heterocycles. The van der Waals surface area contributed by atoms with E-state index in [1.54, 1.807) is 32.2 Å². The van der Waals surface area contributed by atoms with Crippen LogP contribution in [0.2, 0.25) is 0 Å². The van der Waals surface area contributed by atoms with Crippen molar-refractivity contribution in [2.45, 2.75) is 39.8 Å². The minimum Gasteiger partial charge on any atom is -0.503 e. The number of carbonyl (C=O) groups excluding carboxylic acids is 2. The Morgan fingerprint density at radius 1 is 1.27 bits per heavy atom. The van der Waals surface area contributed by atoms with Gasteiger partial charge >= 0.3 is 0 Å². The fourth-order valence-electron chi connectivity index (χ4n) is 3.84. The Hall–Kier alpha value is -2.91. The molecule has 0 bridgehead atoms. The van der Waals surface area contributed by atoms with Crippen molar-refractivity contribution >= 4 is 23.0 Å². The van der Waals surface area contributed by atoms with Crippen molar-refractivity contribution in [2.24, 2.45) is 0 Å². The van der Waals surface area contributed by atoms with E-state index in [0.29, 0.717) is 40.7 Å². The van der Waals surface area contributed by atoms with Crippen LogP contribution in [0, 0.1) is 13.8 Å². The molecule has 8 nitrogen and oxygen atoms in total. The van der Waals surface area contributed by atoms with Crippen molar-refractivity contribution in [3.63, 3.8) is 0 Å². The number of aryl methyl sites for hydroxylation is 2. The van der Waals surface area contributed by atoms with Gasteiger partial charge in [-0.2, -0.15) is 0 Å². The topological polar surface area (TPSA) is 92.2 Å². The highest BCUT2D eigenvalue weighted by Crippen LogP contribution is 2.42. The van der Waals surface area contributed by atoms with Gasteiger partial charge in [0.25, 0.3) is 5.91 Å². The van der Waals surface area contributed by atoms with Crippen LogP contribution in [-0.2, 0) is 4.79 Å². The fraction of sp³-hybridized carbons (Fsp3) is 0.458. The zero-order chi connectivity index (χ0) is 24.4. The monoisotopic (exact) mass is 473 g/mol. The summed E-state index contributed by atoms with van der Waals surface area (Å²) in [5.74, 6) is -0.413. The number of amides is 1. The molecule has 1 aliphatic heterocycles. The molecular formula is C24H31N3O5S. The molecular weight excluding hydrogens is 442 g/mol. The Balaban J connectivity index is 2.12. The molecule has 0 radical (unpaired) electrons. The van der Waals surface area contributed by atoms with Crippen molar-refractivity contribution < 1.29 is 24.2 Å². The summed E-state index contributed by atoms with van der Waals surface area (Å²) >= 11 is 1.26. The molecule has 1 unspecified atom stereocenters. The maximum atomic E-state index is 13.6. The van der Waals surface area contributed by atoms with Crippen molar-refractivity contribution in [1.82, 2.24) is 14.8 Å². The second-order valence-corrected chi connectivity index (χ2v) is 9.72. The number of aliphatic hydroxyl groups excluding tert-OH is 1. The van der Waals surface area contributed by atoms with E-state index in [1.807, 2.05) is 39.8 Å². The van der Waals surface area contributed by atoms with Crippen molar-refractivity contribution in [3.8, 4) is 11.5 Å². The number of methoxy groups -OCH3 is 1. The number of thiazole rings is 1. The summed E-state index contributed by atoms with van der Waals surface area (Å²) in [7, 11) is 5.34. The summed E-state index contributed by atoms with van der Waals surface area (Å²) in [6, 6.07) is 4.57. The number of Topliss-reactive ketones (excluding diaryl/α,β-unsaturated/α-hetero) is 1. The maximum Gasteiger partial charge on any atom is 0.290 e. The Kier molecular flexibility index (Phi) is 7.44. The van der Waals surface area contributed by atoms with E-state index in [9.17, 15) is 14.7 Å². The number of ketones is 1. The zero-order valence-corrected chi connectivity index (χ0v) is 20.9. The number of aliphatic hydroxyl groups is 1. The van der Waals surface area contributed by atoms with Gasteiger partial charge in [-0.05, 0) is 59.5 Å². The molecule has 9 heteroatoms. The van der Waals surface area contributed by atoms with Gasteiger partial charge in [0.1, 0.15) is 0 Å². The lowest BCUT2D eigenvalue weighted by Crippen LogP contribution is -2.36.